The van der Waals surface area contributed by atoms with Crippen LogP contribution >= 0.6 is 0 Å². The molecule has 0 unspecified atom stereocenters. The molecule has 0 aromatic rings. The van der Waals surface area contributed by atoms with Crippen LogP contribution in [0.3, 0.4) is 0 Å². The van der Waals surface area contributed by atoms with Gasteiger partial charge in [0.2, 0.25) is 0 Å². The predicted octanol–water partition coefficient (Wildman–Crippen LogP) is 1.72. The Morgan fingerprint density at radius 2 is 2.00 bits per heavy atom. The third-order valence-electron chi connectivity index (χ3n) is 3.05. The highest BCUT2D eigenvalue weighted by molar-refractivity contribution is 6.40. The number of hydrogen-bond acceptors (Lipinski definition) is 1. The molecule has 1 rings (SSSR count). The summed E-state index contributed by atoms with van der Waals surface area (Å²) in [6.07, 6.45) is 3.34. The molecular formula is C10H19B2N. The van der Waals surface area contributed by atoms with E-state index in [-0.39, 0.29) is 5.54 Å². The van der Waals surface area contributed by atoms with Crippen LogP contribution in [-0.2, 0) is 0 Å². The molecule has 1 aliphatic heterocycles. The van der Waals surface area contributed by atoms with Crippen molar-refractivity contribution in [1.29, 1.82) is 0 Å². The van der Waals surface area contributed by atoms with Crippen molar-refractivity contribution in [1.82, 2.24) is 4.90 Å². The summed E-state index contributed by atoms with van der Waals surface area (Å²) < 4.78 is 0. The van der Waals surface area contributed by atoms with Gasteiger partial charge in [-0.1, -0.05) is 18.6 Å². The molecule has 13 heavy (non-hydrogen) atoms. The summed E-state index contributed by atoms with van der Waals surface area (Å²) in [6.45, 7) is 8.64. The van der Waals surface area contributed by atoms with Crippen molar-refractivity contribution in [2.24, 2.45) is 0 Å². The third kappa shape index (κ3) is 2.77. The highest BCUT2D eigenvalue weighted by atomic mass is 15.2. The van der Waals surface area contributed by atoms with Crippen LogP contribution in [0.2, 0.25) is 5.21 Å². The van der Waals surface area contributed by atoms with Crippen molar-refractivity contribution >= 4 is 15.7 Å². The first kappa shape index (κ1) is 11.2. The Hall–Kier alpha value is 0.0899. The fourth-order valence-corrected chi connectivity index (χ4v) is 2.14. The molecule has 70 valence electrons. The van der Waals surface area contributed by atoms with E-state index in [0.717, 1.165) is 19.5 Å². The van der Waals surface area contributed by atoms with E-state index in [9.17, 15) is 0 Å². The van der Waals surface area contributed by atoms with Gasteiger partial charge in [0.15, 0.2) is 0 Å². The minimum Gasteiger partial charge on any atom is -0.299 e. The first-order valence-electron chi connectivity index (χ1n) is 5.20. The lowest BCUT2D eigenvalue weighted by molar-refractivity contribution is 0.142. The highest BCUT2D eigenvalue weighted by Crippen LogP contribution is 2.35. The van der Waals surface area contributed by atoms with Crippen molar-refractivity contribution in [3.63, 3.8) is 0 Å². The lowest BCUT2D eigenvalue weighted by Crippen LogP contribution is -2.42. The van der Waals surface area contributed by atoms with Crippen molar-refractivity contribution in [2.45, 2.75) is 50.8 Å². The molecule has 0 N–H and O–H groups in total. The van der Waals surface area contributed by atoms with Crippen LogP contribution in [0.25, 0.3) is 0 Å². The van der Waals surface area contributed by atoms with Gasteiger partial charge in [-0.15, -0.1) is 0 Å². The third-order valence-corrected chi connectivity index (χ3v) is 3.05. The largest absolute Gasteiger partial charge is 0.299 e. The number of nitrogens with zero attached hydrogens (tertiary/aromatic N) is 1. The molecular weight excluding hydrogens is 156 g/mol. The quantitative estimate of drug-likeness (QED) is 0.590. The fourth-order valence-electron chi connectivity index (χ4n) is 2.14. The van der Waals surface area contributed by atoms with Crippen molar-refractivity contribution in [3.8, 4) is 0 Å². The number of likely N-dealkylation sites (tertiary alicyclic amines) is 1. The molecule has 0 spiro atoms. The lowest BCUT2D eigenvalue weighted by atomic mass is 9.54. The predicted molar refractivity (Wildman–Crippen MR) is 59.4 cm³/mol. The molecule has 0 aromatic heterocycles. The number of rotatable bonds is 3. The van der Waals surface area contributed by atoms with E-state index in [0.29, 0.717) is 0 Å². The first-order chi connectivity index (χ1) is 5.87. The zero-order valence-electron chi connectivity index (χ0n) is 9.14. The van der Waals surface area contributed by atoms with E-state index in [1.54, 1.807) is 0 Å². The Balaban J connectivity index is 2.54. The van der Waals surface area contributed by atoms with Gasteiger partial charge in [-0.25, -0.2) is 0 Å². The molecule has 1 fully saturated rings. The zero-order valence-corrected chi connectivity index (χ0v) is 9.14. The summed E-state index contributed by atoms with van der Waals surface area (Å²) in [5.41, 5.74) is 0.259. The summed E-state index contributed by atoms with van der Waals surface area (Å²) in [7, 11) is 11.8. The zero-order chi connectivity index (χ0) is 10.1. The van der Waals surface area contributed by atoms with Crippen LogP contribution < -0.4 is 0 Å². The van der Waals surface area contributed by atoms with Crippen molar-refractivity contribution in [2.75, 3.05) is 13.1 Å². The Morgan fingerprint density at radius 3 is 2.38 bits per heavy atom. The van der Waals surface area contributed by atoms with E-state index in [2.05, 4.69) is 25.7 Å². The van der Waals surface area contributed by atoms with Gasteiger partial charge in [-0.3, -0.25) is 4.90 Å². The minimum absolute atomic E-state index is 0.259. The van der Waals surface area contributed by atoms with Gasteiger partial charge >= 0.3 is 0 Å². The molecule has 0 aliphatic carbocycles. The molecule has 0 aromatic carbocycles. The molecule has 1 aliphatic rings. The van der Waals surface area contributed by atoms with Crippen LogP contribution in [0, 0.1) is 0 Å². The highest BCUT2D eigenvalue weighted by Gasteiger charge is 2.35. The molecule has 0 atom stereocenters. The maximum Gasteiger partial charge on any atom is 0.0638 e. The molecule has 1 saturated heterocycles. The van der Waals surface area contributed by atoms with Crippen LogP contribution in [0.1, 0.15) is 40.0 Å². The SMILES string of the molecule is [B]C1([B])CCN(C(C)(C)CCC)C1. The Labute approximate surface area is 85.1 Å². The lowest BCUT2D eigenvalue weighted by Gasteiger charge is -2.36. The summed E-state index contributed by atoms with van der Waals surface area (Å²) in [5.74, 6) is 0. The first-order valence-corrected chi connectivity index (χ1v) is 5.20. The maximum atomic E-state index is 5.90. The number of hydrogen-bond donors (Lipinski definition) is 0. The van der Waals surface area contributed by atoms with Gasteiger partial charge in [-0.05, 0) is 39.8 Å². The Bertz CT molecular complexity index is 178. The van der Waals surface area contributed by atoms with E-state index < -0.39 is 5.21 Å². The molecule has 4 radical (unpaired) electrons. The van der Waals surface area contributed by atoms with Gasteiger partial charge in [0.1, 0.15) is 0 Å². The van der Waals surface area contributed by atoms with E-state index in [1.165, 1.54) is 12.8 Å². The van der Waals surface area contributed by atoms with E-state index in [4.69, 9.17) is 15.7 Å². The minimum atomic E-state index is -0.453. The van der Waals surface area contributed by atoms with Gasteiger partial charge in [0.25, 0.3) is 0 Å². The van der Waals surface area contributed by atoms with E-state index >= 15 is 0 Å². The Kier molecular flexibility index (Phi) is 3.16. The normalized spacial score (nSPS) is 23.6. The second-order valence-electron chi connectivity index (χ2n) is 4.97. The Morgan fingerprint density at radius 1 is 1.38 bits per heavy atom. The molecule has 1 heterocycles. The van der Waals surface area contributed by atoms with E-state index in [1.807, 2.05) is 0 Å². The molecule has 0 bridgehead atoms. The molecule has 1 nitrogen and oxygen atoms in total. The average molecular weight is 175 g/mol. The van der Waals surface area contributed by atoms with Crippen LogP contribution in [-0.4, -0.2) is 39.2 Å². The maximum absolute atomic E-state index is 5.90. The van der Waals surface area contributed by atoms with Crippen molar-refractivity contribution < 1.29 is 0 Å². The van der Waals surface area contributed by atoms with Crippen LogP contribution in [0.15, 0.2) is 0 Å². The van der Waals surface area contributed by atoms with Gasteiger partial charge in [0, 0.05) is 5.54 Å². The summed E-state index contributed by atoms with van der Waals surface area (Å²) in [6, 6.07) is 0. The topological polar surface area (TPSA) is 3.24 Å². The molecule has 3 heteroatoms. The fraction of sp³-hybridized carbons (Fsp3) is 1.00. The summed E-state index contributed by atoms with van der Waals surface area (Å²) >= 11 is 0. The standard InChI is InChI=1S/C10H19B2N/c1-4-5-9(2,3)13-7-6-10(11,12)8-13/h4-8H2,1-3H3. The summed E-state index contributed by atoms with van der Waals surface area (Å²) in [5, 5.41) is -0.453. The molecule has 0 amide bonds. The van der Waals surface area contributed by atoms with Gasteiger partial charge < -0.3 is 0 Å². The van der Waals surface area contributed by atoms with Crippen molar-refractivity contribution in [3.05, 3.63) is 0 Å². The van der Waals surface area contributed by atoms with Crippen LogP contribution in [0.5, 0.6) is 0 Å². The second kappa shape index (κ2) is 3.68. The summed E-state index contributed by atoms with van der Waals surface area (Å²) in [4.78, 5) is 2.41. The van der Waals surface area contributed by atoms with Crippen LogP contribution in [0.4, 0.5) is 0 Å². The smallest absolute Gasteiger partial charge is 0.0638 e. The van der Waals surface area contributed by atoms with Gasteiger partial charge in [0.05, 0.1) is 15.7 Å². The van der Waals surface area contributed by atoms with Gasteiger partial charge in [-0.2, -0.15) is 0 Å². The average Bonchev–Trinajstić information content (AvgIpc) is 2.30. The second-order valence-corrected chi connectivity index (χ2v) is 4.97. The molecule has 0 saturated carbocycles. The monoisotopic (exact) mass is 175 g/mol.